The highest BCUT2D eigenvalue weighted by Gasteiger charge is 2.04. The first kappa shape index (κ1) is 20.3. The molecule has 0 unspecified atom stereocenters. The molecule has 0 heterocycles. The summed E-state index contributed by atoms with van der Waals surface area (Å²) in [5.41, 5.74) is 14.5. The molecule has 7 nitrogen and oxygen atoms in total. The molecule has 0 saturated heterocycles. The van der Waals surface area contributed by atoms with Crippen molar-refractivity contribution < 1.29 is 9.59 Å². The van der Waals surface area contributed by atoms with Crippen LogP contribution in [0.4, 0.5) is 11.4 Å². The van der Waals surface area contributed by atoms with Crippen molar-refractivity contribution in [3.8, 4) is 0 Å². The fourth-order valence-corrected chi connectivity index (χ4v) is 2.47. The van der Waals surface area contributed by atoms with E-state index in [1.165, 1.54) is 0 Å². The molecule has 27 heavy (non-hydrogen) atoms. The largest absolute Gasteiger partial charge is 0.399 e. The van der Waals surface area contributed by atoms with Crippen molar-refractivity contribution in [3.05, 3.63) is 59.7 Å². The van der Waals surface area contributed by atoms with Crippen LogP contribution in [0.25, 0.3) is 0 Å². The SMILES string of the molecule is Nc1ccc(CC(=O)NCCNCCNC(=O)Cc2ccc(N)cc2)cc1. The molecule has 2 aromatic carbocycles. The Morgan fingerprint density at radius 2 is 1.00 bits per heavy atom. The Hall–Kier alpha value is -3.06. The minimum Gasteiger partial charge on any atom is -0.399 e. The average molecular weight is 369 g/mol. The summed E-state index contributed by atoms with van der Waals surface area (Å²) in [5.74, 6) is -0.0586. The van der Waals surface area contributed by atoms with Crippen LogP contribution < -0.4 is 27.4 Å². The number of carbonyl (C=O) groups is 2. The van der Waals surface area contributed by atoms with Crippen molar-refractivity contribution >= 4 is 23.2 Å². The van der Waals surface area contributed by atoms with Gasteiger partial charge in [-0.2, -0.15) is 0 Å². The van der Waals surface area contributed by atoms with Crippen LogP contribution in [-0.4, -0.2) is 38.0 Å². The highest BCUT2D eigenvalue weighted by molar-refractivity contribution is 5.79. The number of anilines is 2. The van der Waals surface area contributed by atoms with Crippen LogP contribution in [0.5, 0.6) is 0 Å². The molecule has 0 aliphatic heterocycles. The molecule has 0 saturated carbocycles. The highest BCUT2D eigenvalue weighted by atomic mass is 16.2. The minimum absolute atomic E-state index is 0.0293. The van der Waals surface area contributed by atoms with Crippen LogP contribution >= 0.6 is 0 Å². The zero-order valence-corrected chi connectivity index (χ0v) is 15.3. The number of nitrogens with one attached hydrogen (secondary N) is 3. The van der Waals surface area contributed by atoms with Gasteiger partial charge in [-0.25, -0.2) is 0 Å². The summed E-state index contributed by atoms with van der Waals surface area (Å²) in [6.07, 6.45) is 0.670. The Kier molecular flexibility index (Phi) is 8.12. The molecule has 7 heteroatoms. The number of nitrogens with two attached hydrogens (primary N) is 2. The standard InChI is InChI=1S/C20H27N5O2/c21-17-5-1-15(2-6-17)13-19(26)24-11-9-23-10-12-25-20(27)14-16-3-7-18(22)8-4-16/h1-8,23H,9-14,21-22H2,(H,24,26)(H,25,27). The van der Waals surface area contributed by atoms with E-state index < -0.39 is 0 Å². The Bertz CT molecular complexity index is 666. The number of nitrogen functional groups attached to an aromatic ring is 2. The van der Waals surface area contributed by atoms with E-state index in [0.717, 1.165) is 11.1 Å². The molecule has 0 spiro atoms. The van der Waals surface area contributed by atoms with Gasteiger partial charge in [0.05, 0.1) is 12.8 Å². The van der Waals surface area contributed by atoms with Gasteiger partial charge in [0.15, 0.2) is 0 Å². The molecule has 144 valence electrons. The number of hydrogen-bond donors (Lipinski definition) is 5. The lowest BCUT2D eigenvalue weighted by Crippen LogP contribution is -2.37. The lowest BCUT2D eigenvalue weighted by molar-refractivity contribution is -0.121. The van der Waals surface area contributed by atoms with Gasteiger partial charge < -0.3 is 27.4 Å². The second-order valence-electron chi connectivity index (χ2n) is 6.29. The Morgan fingerprint density at radius 3 is 1.37 bits per heavy atom. The topological polar surface area (TPSA) is 122 Å². The molecule has 0 aromatic heterocycles. The smallest absolute Gasteiger partial charge is 0.224 e. The second-order valence-corrected chi connectivity index (χ2v) is 6.29. The Balaban J connectivity index is 1.49. The molecule has 0 radical (unpaired) electrons. The van der Waals surface area contributed by atoms with Gasteiger partial charge >= 0.3 is 0 Å². The van der Waals surface area contributed by atoms with E-state index in [0.29, 0.717) is 50.4 Å². The molecule has 2 rings (SSSR count). The average Bonchev–Trinajstić information content (AvgIpc) is 2.65. The Morgan fingerprint density at radius 1 is 0.630 bits per heavy atom. The van der Waals surface area contributed by atoms with Gasteiger partial charge in [-0.1, -0.05) is 24.3 Å². The quantitative estimate of drug-likeness (QED) is 0.308. The maximum atomic E-state index is 11.8. The van der Waals surface area contributed by atoms with Crippen LogP contribution in [-0.2, 0) is 22.4 Å². The van der Waals surface area contributed by atoms with Crippen LogP contribution in [0.15, 0.2) is 48.5 Å². The molecule has 2 amide bonds. The minimum atomic E-state index is -0.0293. The van der Waals surface area contributed by atoms with Crippen LogP contribution in [0, 0.1) is 0 Å². The van der Waals surface area contributed by atoms with E-state index in [2.05, 4.69) is 16.0 Å². The summed E-state index contributed by atoms with van der Waals surface area (Å²) in [4.78, 5) is 23.7. The molecule has 0 bridgehead atoms. The van der Waals surface area contributed by atoms with Crippen molar-refractivity contribution in [2.45, 2.75) is 12.8 Å². The van der Waals surface area contributed by atoms with Gasteiger partial charge in [0, 0.05) is 37.6 Å². The van der Waals surface area contributed by atoms with Crippen molar-refractivity contribution in [3.63, 3.8) is 0 Å². The third-order valence-corrected chi connectivity index (χ3v) is 3.94. The number of rotatable bonds is 10. The van der Waals surface area contributed by atoms with Crippen LogP contribution in [0.3, 0.4) is 0 Å². The molecule has 2 aromatic rings. The molecule has 0 aliphatic rings. The van der Waals surface area contributed by atoms with Crippen molar-refractivity contribution in [1.82, 2.24) is 16.0 Å². The van der Waals surface area contributed by atoms with E-state index in [9.17, 15) is 9.59 Å². The van der Waals surface area contributed by atoms with E-state index in [1.807, 2.05) is 24.3 Å². The number of benzene rings is 2. The number of carbonyl (C=O) groups excluding carboxylic acids is 2. The third-order valence-electron chi connectivity index (χ3n) is 3.94. The normalized spacial score (nSPS) is 10.4. The summed E-state index contributed by atoms with van der Waals surface area (Å²) in [6.45, 7) is 2.35. The van der Waals surface area contributed by atoms with E-state index >= 15 is 0 Å². The molecule has 0 aliphatic carbocycles. The second kappa shape index (κ2) is 10.8. The van der Waals surface area contributed by atoms with Gasteiger partial charge in [-0.3, -0.25) is 9.59 Å². The van der Waals surface area contributed by atoms with E-state index in [1.54, 1.807) is 24.3 Å². The molecular weight excluding hydrogens is 342 g/mol. The third kappa shape index (κ3) is 8.24. The monoisotopic (exact) mass is 369 g/mol. The van der Waals surface area contributed by atoms with Gasteiger partial charge in [0.25, 0.3) is 0 Å². The number of amides is 2. The van der Waals surface area contributed by atoms with E-state index in [-0.39, 0.29) is 11.8 Å². The highest BCUT2D eigenvalue weighted by Crippen LogP contribution is 2.06. The molecule has 7 N–H and O–H groups in total. The molecular formula is C20H27N5O2. The molecule has 0 fully saturated rings. The first-order valence-electron chi connectivity index (χ1n) is 8.96. The fraction of sp³-hybridized carbons (Fsp3) is 0.300. The molecule has 0 atom stereocenters. The lowest BCUT2D eigenvalue weighted by Gasteiger charge is -2.08. The maximum absolute atomic E-state index is 11.8. The van der Waals surface area contributed by atoms with Crippen molar-refractivity contribution in [1.29, 1.82) is 0 Å². The van der Waals surface area contributed by atoms with Gasteiger partial charge in [0.2, 0.25) is 11.8 Å². The summed E-state index contributed by atoms with van der Waals surface area (Å²) < 4.78 is 0. The van der Waals surface area contributed by atoms with E-state index in [4.69, 9.17) is 11.5 Å². The lowest BCUT2D eigenvalue weighted by atomic mass is 10.1. The van der Waals surface area contributed by atoms with Crippen molar-refractivity contribution in [2.75, 3.05) is 37.6 Å². The van der Waals surface area contributed by atoms with Gasteiger partial charge in [-0.15, -0.1) is 0 Å². The number of hydrogen-bond acceptors (Lipinski definition) is 5. The first-order chi connectivity index (χ1) is 13.0. The predicted molar refractivity (Wildman–Crippen MR) is 108 cm³/mol. The van der Waals surface area contributed by atoms with Crippen molar-refractivity contribution in [2.24, 2.45) is 0 Å². The van der Waals surface area contributed by atoms with Gasteiger partial charge in [-0.05, 0) is 35.4 Å². The first-order valence-corrected chi connectivity index (χ1v) is 8.96. The van der Waals surface area contributed by atoms with Crippen LogP contribution in [0.1, 0.15) is 11.1 Å². The van der Waals surface area contributed by atoms with Crippen LogP contribution in [0.2, 0.25) is 0 Å². The summed E-state index contributed by atoms with van der Waals surface area (Å²) in [5, 5.41) is 8.88. The zero-order chi connectivity index (χ0) is 19.5. The maximum Gasteiger partial charge on any atom is 0.224 e. The van der Waals surface area contributed by atoms with Gasteiger partial charge in [0.1, 0.15) is 0 Å². The summed E-state index contributed by atoms with van der Waals surface area (Å²) in [7, 11) is 0. The Labute approximate surface area is 159 Å². The zero-order valence-electron chi connectivity index (χ0n) is 15.3. The summed E-state index contributed by atoms with van der Waals surface area (Å²) in [6, 6.07) is 14.5. The predicted octanol–water partition coefficient (Wildman–Crippen LogP) is 0.458. The summed E-state index contributed by atoms with van der Waals surface area (Å²) >= 11 is 0. The fourth-order valence-electron chi connectivity index (χ4n) is 2.47.